The van der Waals surface area contributed by atoms with Crippen LogP contribution in [-0.4, -0.2) is 25.0 Å². The van der Waals surface area contributed by atoms with Crippen molar-refractivity contribution in [1.29, 1.82) is 0 Å². The molecule has 3 rings (SSSR count). The first-order chi connectivity index (χ1) is 10.6. The zero-order valence-electron chi connectivity index (χ0n) is 12.8. The number of anilines is 2. The molecule has 1 unspecified atom stereocenters. The van der Waals surface area contributed by atoms with E-state index in [1.807, 2.05) is 47.4 Å². The normalized spacial score (nSPS) is 17.3. The Balaban J connectivity index is 2.05. The van der Waals surface area contributed by atoms with E-state index in [0.29, 0.717) is 18.2 Å². The van der Waals surface area contributed by atoms with Crippen molar-refractivity contribution in [2.75, 3.05) is 22.9 Å². The van der Waals surface area contributed by atoms with Crippen molar-refractivity contribution in [3.8, 4) is 0 Å². The van der Waals surface area contributed by atoms with Crippen molar-refractivity contribution in [2.24, 2.45) is 0 Å². The molecule has 22 heavy (non-hydrogen) atoms. The quantitative estimate of drug-likeness (QED) is 0.797. The lowest BCUT2D eigenvalue weighted by Crippen LogP contribution is -2.49. The molecule has 2 aromatic carbocycles. The number of benzene rings is 2. The molecular weight excluding hydrogens is 340 g/mol. The van der Waals surface area contributed by atoms with Gasteiger partial charge in [-0.05, 0) is 54.0 Å². The molecular formula is C18H19BrN2O. The molecule has 3 nitrogen and oxygen atoms in total. The third-order valence-electron chi connectivity index (χ3n) is 4.15. The number of rotatable bonds is 2. The SMILES string of the molecule is CCN1c2ccccc2N(C(=O)c2ccccc2Br)CC1C. The van der Waals surface area contributed by atoms with Crippen LogP contribution in [0, 0.1) is 0 Å². The second-order valence-corrected chi connectivity index (χ2v) is 6.37. The van der Waals surface area contributed by atoms with E-state index >= 15 is 0 Å². The van der Waals surface area contributed by atoms with Gasteiger partial charge in [0.1, 0.15) is 0 Å². The van der Waals surface area contributed by atoms with Crippen molar-refractivity contribution in [3.63, 3.8) is 0 Å². The largest absolute Gasteiger partial charge is 0.366 e. The number of hydrogen-bond acceptors (Lipinski definition) is 2. The number of amides is 1. The Hall–Kier alpha value is -1.81. The summed E-state index contributed by atoms with van der Waals surface area (Å²) < 4.78 is 0.836. The van der Waals surface area contributed by atoms with Gasteiger partial charge in [0.15, 0.2) is 0 Å². The Bertz CT molecular complexity index is 701. The predicted molar refractivity (Wildman–Crippen MR) is 94.7 cm³/mol. The van der Waals surface area contributed by atoms with Crippen molar-refractivity contribution >= 4 is 33.2 Å². The van der Waals surface area contributed by atoms with Crippen LogP contribution in [0.2, 0.25) is 0 Å². The maximum absolute atomic E-state index is 13.0. The van der Waals surface area contributed by atoms with E-state index in [-0.39, 0.29) is 5.91 Å². The van der Waals surface area contributed by atoms with Gasteiger partial charge in [-0.1, -0.05) is 24.3 Å². The Kier molecular flexibility index (Phi) is 4.21. The topological polar surface area (TPSA) is 23.6 Å². The van der Waals surface area contributed by atoms with Gasteiger partial charge >= 0.3 is 0 Å². The van der Waals surface area contributed by atoms with Gasteiger partial charge in [-0.15, -0.1) is 0 Å². The zero-order valence-corrected chi connectivity index (χ0v) is 14.4. The van der Waals surface area contributed by atoms with Crippen molar-refractivity contribution < 1.29 is 4.79 Å². The highest BCUT2D eigenvalue weighted by Crippen LogP contribution is 2.36. The monoisotopic (exact) mass is 358 g/mol. The minimum absolute atomic E-state index is 0.0440. The number of carbonyl (C=O) groups excluding carboxylic acids is 1. The van der Waals surface area contributed by atoms with E-state index in [0.717, 1.165) is 22.4 Å². The van der Waals surface area contributed by atoms with Crippen molar-refractivity contribution in [1.82, 2.24) is 0 Å². The molecule has 0 fully saturated rings. The van der Waals surface area contributed by atoms with E-state index < -0.39 is 0 Å². The van der Waals surface area contributed by atoms with E-state index in [4.69, 9.17) is 0 Å². The molecule has 0 aromatic heterocycles. The second-order valence-electron chi connectivity index (χ2n) is 5.52. The summed E-state index contributed by atoms with van der Waals surface area (Å²) in [6.07, 6.45) is 0. The summed E-state index contributed by atoms with van der Waals surface area (Å²) in [5.41, 5.74) is 2.82. The average molecular weight is 359 g/mol. The second kappa shape index (κ2) is 6.13. The number of hydrogen-bond donors (Lipinski definition) is 0. The third kappa shape index (κ3) is 2.52. The number of carbonyl (C=O) groups is 1. The molecule has 0 aliphatic carbocycles. The Morgan fingerprint density at radius 3 is 2.45 bits per heavy atom. The lowest BCUT2D eigenvalue weighted by molar-refractivity contribution is 0.0983. The summed E-state index contributed by atoms with van der Waals surface area (Å²) in [7, 11) is 0. The molecule has 0 radical (unpaired) electrons. The average Bonchev–Trinajstić information content (AvgIpc) is 2.54. The lowest BCUT2D eigenvalue weighted by Gasteiger charge is -2.42. The van der Waals surface area contributed by atoms with Crippen LogP contribution in [0.3, 0.4) is 0 Å². The molecule has 0 N–H and O–H groups in total. The van der Waals surface area contributed by atoms with E-state index in [1.54, 1.807) is 0 Å². The summed E-state index contributed by atoms with van der Waals surface area (Å²) in [6.45, 7) is 5.96. The van der Waals surface area contributed by atoms with Gasteiger partial charge in [0.2, 0.25) is 0 Å². The number of para-hydroxylation sites is 2. The van der Waals surface area contributed by atoms with Crippen LogP contribution in [0.5, 0.6) is 0 Å². The van der Waals surface area contributed by atoms with Crippen LogP contribution in [0.1, 0.15) is 24.2 Å². The van der Waals surface area contributed by atoms with Gasteiger partial charge in [0.05, 0.1) is 16.9 Å². The Morgan fingerprint density at radius 1 is 1.14 bits per heavy atom. The van der Waals surface area contributed by atoms with Crippen LogP contribution in [0.4, 0.5) is 11.4 Å². The number of halogens is 1. The Labute approximate surface area is 139 Å². The molecule has 4 heteroatoms. The maximum Gasteiger partial charge on any atom is 0.259 e. The fourth-order valence-corrected chi connectivity index (χ4v) is 3.54. The maximum atomic E-state index is 13.0. The summed E-state index contributed by atoms with van der Waals surface area (Å²) in [5.74, 6) is 0.0440. The van der Waals surface area contributed by atoms with Crippen LogP contribution in [-0.2, 0) is 0 Å². The van der Waals surface area contributed by atoms with Gasteiger partial charge < -0.3 is 9.80 Å². The predicted octanol–water partition coefficient (Wildman–Crippen LogP) is 4.32. The van der Waals surface area contributed by atoms with Gasteiger partial charge in [0, 0.05) is 23.6 Å². The van der Waals surface area contributed by atoms with Crippen molar-refractivity contribution in [2.45, 2.75) is 19.9 Å². The zero-order chi connectivity index (χ0) is 15.7. The van der Waals surface area contributed by atoms with Crippen LogP contribution < -0.4 is 9.80 Å². The van der Waals surface area contributed by atoms with Crippen LogP contribution in [0.15, 0.2) is 53.0 Å². The highest BCUT2D eigenvalue weighted by Gasteiger charge is 2.31. The smallest absolute Gasteiger partial charge is 0.259 e. The number of nitrogens with zero attached hydrogens (tertiary/aromatic N) is 2. The van der Waals surface area contributed by atoms with E-state index in [2.05, 4.69) is 40.7 Å². The van der Waals surface area contributed by atoms with E-state index in [1.165, 1.54) is 0 Å². The van der Waals surface area contributed by atoms with E-state index in [9.17, 15) is 4.79 Å². The molecule has 1 atom stereocenters. The molecule has 0 spiro atoms. The fraction of sp³-hybridized carbons (Fsp3) is 0.278. The van der Waals surface area contributed by atoms with Gasteiger partial charge in [-0.2, -0.15) is 0 Å². The summed E-state index contributed by atoms with van der Waals surface area (Å²) >= 11 is 3.49. The lowest BCUT2D eigenvalue weighted by atomic mass is 10.1. The molecule has 0 saturated carbocycles. The minimum Gasteiger partial charge on any atom is -0.366 e. The summed E-state index contributed by atoms with van der Waals surface area (Å²) in [5, 5.41) is 0. The summed E-state index contributed by atoms with van der Waals surface area (Å²) in [6, 6.07) is 16.0. The van der Waals surface area contributed by atoms with Gasteiger partial charge in [-0.3, -0.25) is 4.79 Å². The standard InChI is InChI=1S/C18H19BrN2O/c1-3-20-13(2)12-21(17-11-7-6-10-16(17)20)18(22)14-8-4-5-9-15(14)19/h4-11,13H,3,12H2,1-2H3. The molecule has 1 amide bonds. The first-order valence-corrected chi connectivity index (χ1v) is 8.34. The first kappa shape index (κ1) is 15.1. The Morgan fingerprint density at radius 2 is 1.77 bits per heavy atom. The molecule has 0 bridgehead atoms. The molecule has 114 valence electrons. The van der Waals surface area contributed by atoms with Crippen LogP contribution in [0.25, 0.3) is 0 Å². The number of likely N-dealkylation sites (N-methyl/N-ethyl adjacent to an activating group) is 1. The van der Waals surface area contributed by atoms with Crippen LogP contribution >= 0.6 is 15.9 Å². The van der Waals surface area contributed by atoms with Gasteiger partial charge in [0.25, 0.3) is 5.91 Å². The first-order valence-electron chi connectivity index (χ1n) is 7.55. The third-order valence-corrected chi connectivity index (χ3v) is 4.84. The molecule has 1 heterocycles. The molecule has 0 saturated heterocycles. The molecule has 2 aromatic rings. The summed E-state index contributed by atoms with van der Waals surface area (Å²) in [4.78, 5) is 17.2. The minimum atomic E-state index is 0.0440. The fourth-order valence-electron chi connectivity index (χ4n) is 3.09. The highest BCUT2D eigenvalue weighted by atomic mass is 79.9. The van der Waals surface area contributed by atoms with Crippen molar-refractivity contribution in [3.05, 3.63) is 58.6 Å². The number of fused-ring (bicyclic) bond motifs is 1. The van der Waals surface area contributed by atoms with Gasteiger partial charge in [-0.25, -0.2) is 0 Å². The highest BCUT2D eigenvalue weighted by molar-refractivity contribution is 9.10. The molecule has 1 aliphatic rings. The molecule has 1 aliphatic heterocycles.